The van der Waals surface area contributed by atoms with Crippen molar-refractivity contribution in [3.63, 3.8) is 0 Å². The molecular formula is C24H27F3N2O5. The second-order valence-electron chi connectivity index (χ2n) is 9.74. The van der Waals surface area contributed by atoms with Crippen molar-refractivity contribution in [1.29, 1.82) is 0 Å². The fraction of sp³-hybridized carbons (Fsp3) is 0.542. The Hall–Kier alpha value is -2.88. The Labute approximate surface area is 195 Å². The monoisotopic (exact) mass is 480 g/mol. The Morgan fingerprint density at radius 1 is 1.21 bits per heavy atom. The van der Waals surface area contributed by atoms with E-state index in [2.05, 4.69) is 0 Å². The van der Waals surface area contributed by atoms with Crippen molar-refractivity contribution in [3.05, 3.63) is 41.1 Å². The van der Waals surface area contributed by atoms with Crippen molar-refractivity contribution in [2.24, 2.45) is 5.41 Å². The lowest BCUT2D eigenvalue weighted by Gasteiger charge is -2.35. The highest BCUT2D eigenvalue weighted by molar-refractivity contribution is 6.14. The highest BCUT2D eigenvalue weighted by Gasteiger charge is 2.71. The minimum atomic E-state index is -5.24. The van der Waals surface area contributed by atoms with Crippen LogP contribution in [0.4, 0.5) is 13.2 Å². The number of carbonyl (C=O) groups is 3. The molecule has 0 spiro atoms. The van der Waals surface area contributed by atoms with Crippen molar-refractivity contribution >= 4 is 17.6 Å². The summed E-state index contributed by atoms with van der Waals surface area (Å²) < 4.78 is 54.9. The number of methoxy groups -OCH3 is 1. The van der Waals surface area contributed by atoms with Crippen molar-refractivity contribution in [2.45, 2.75) is 57.3 Å². The molecule has 2 heterocycles. The second-order valence-corrected chi connectivity index (χ2v) is 9.74. The number of halogens is 3. The van der Waals surface area contributed by atoms with E-state index in [1.807, 2.05) is 5.32 Å². The average Bonchev–Trinajstić information content (AvgIpc) is 3.34. The molecule has 2 aliphatic heterocycles. The Bertz CT molecular complexity index is 1040. The van der Waals surface area contributed by atoms with Crippen LogP contribution in [-0.4, -0.2) is 60.6 Å². The molecule has 2 atom stereocenters. The molecule has 0 saturated carbocycles. The van der Waals surface area contributed by atoms with Crippen LogP contribution >= 0.6 is 0 Å². The summed E-state index contributed by atoms with van der Waals surface area (Å²) in [5.74, 6) is -2.86. The van der Waals surface area contributed by atoms with Crippen LogP contribution in [0.1, 0.15) is 49.9 Å². The first-order valence-electron chi connectivity index (χ1n) is 11.1. The van der Waals surface area contributed by atoms with Gasteiger partial charge in [0.1, 0.15) is 5.75 Å². The molecule has 4 rings (SSSR count). The zero-order valence-electron chi connectivity index (χ0n) is 19.3. The molecule has 1 N–H and O–H groups in total. The van der Waals surface area contributed by atoms with Crippen LogP contribution in [-0.2, 0) is 14.3 Å². The lowest BCUT2D eigenvalue weighted by molar-refractivity contribution is -0.191. The van der Waals surface area contributed by atoms with E-state index >= 15 is 0 Å². The maximum absolute atomic E-state index is 14.8. The molecule has 0 aromatic heterocycles. The molecule has 1 saturated heterocycles. The SMILES string of the molecule is COc1ccc(C(=O)NC2(C(F)(F)F)C(=O)N(CC3CCCO3)C3=C2C(=O)CC(C)(C)C3)cc1. The number of nitrogens with zero attached hydrogens (tertiary/aromatic N) is 1. The van der Waals surface area contributed by atoms with Gasteiger partial charge in [0.15, 0.2) is 5.78 Å². The number of ketones is 1. The minimum absolute atomic E-state index is 0.0223. The van der Waals surface area contributed by atoms with Gasteiger partial charge in [-0.1, -0.05) is 13.8 Å². The molecule has 34 heavy (non-hydrogen) atoms. The van der Waals surface area contributed by atoms with Crippen LogP contribution in [0, 0.1) is 5.41 Å². The molecule has 1 aromatic rings. The van der Waals surface area contributed by atoms with Gasteiger partial charge in [0.2, 0.25) is 5.54 Å². The number of ether oxygens (including phenoxy) is 2. The fourth-order valence-electron chi connectivity index (χ4n) is 5.00. The lowest BCUT2D eigenvalue weighted by Crippen LogP contribution is -2.66. The van der Waals surface area contributed by atoms with Gasteiger partial charge in [0, 0.05) is 24.3 Å². The molecule has 184 valence electrons. The van der Waals surface area contributed by atoms with Crippen LogP contribution in [0.25, 0.3) is 0 Å². The van der Waals surface area contributed by atoms with Crippen molar-refractivity contribution in [3.8, 4) is 5.75 Å². The van der Waals surface area contributed by atoms with Crippen molar-refractivity contribution in [1.82, 2.24) is 10.2 Å². The summed E-state index contributed by atoms with van der Waals surface area (Å²) >= 11 is 0. The Morgan fingerprint density at radius 3 is 2.44 bits per heavy atom. The van der Waals surface area contributed by atoms with E-state index in [9.17, 15) is 27.6 Å². The zero-order valence-corrected chi connectivity index (χ0v) is 19.3. The molecular weight excluding hydrogens is 453 g/mol. The summed E-state index contributed by atoms with van der Waals surface area (Å²) in [6, 6.07) is 5.44. The van der Waals surface area contributed by atoms with Gasteiger partial charge in [-0.05, 0) is 48.9 Å². The van der Waals surface area contributed by atoms with Crippen LogP contribution in [0.2, 0.25) is 0 Å². The molecule has 1 aliphatic carbocycles. The minimum Gasteiger partial charge on any atom is -0.497 e. The number of carbonyl (C=O) groups excluding carboxylic acids is 3. The van der Waals surface area contributed by atoms with Gasteiger partial charge in [-0.3, -0.25) is 14.4 Å². The van der Waals surface area contributed by atoms with E-state index in [-0.39, 0.29) is 30.6 Å². The highest BCUT2D eigenvalue weighted by atomic mass is 19.4. The standard InChI is InChI=1S/C24H27F3N2O5/c1-22(2)11-17-19(18(30)12-22)23(24(25,26)27,21(32)29(17)13-16-5-4-10-34-16)28-20(31)14-6-8-15(33-3)9-7-14/h6-9,16H,4-5,10-13H2,1-3H3,(H,28,31). The Morgan fingerprint density at radius 2 is 1.88 bits per heavy atom. The maximum atomic E-state index is 14.8. The molecule has 7 nitrogen and oxygen atoms in total. The normalized spacial score (nSPS) is 26.6. The van der Waals surface area contributed by atoms with Gasteiger partial charge in [-0.15, -0.1) is 0 Å². The third-order valence-electron chi connectivity index (χ3n) is 6.61. The van der Waals surface area contributed by atoms with Gasteiger partial charge in [0.25, 0.3) is 11.8 Å². The van der Waals surface area contributed by atoms with E-state index in [0.29, 0.717) is 18.8 Å². The Balaban J connectivity index is 1.81. The van der Waals surface area contributed by atoms with Crippen molar-refractivity contribution < 1.29 is 37.0 Å². The van der Waals surface area contributed by atoms with Crippen LogP contribution in [0.3, 0.4) is 0 Å². The number of allylic oxidation sites excluding steroid dienone is 1. The second kappa shape index (κ2) is 8.41. The van der Waals surface area contributed by atoms with Crippen LogP contribution in [0.15, 0.2) is 35.5 Å². The number of nitrogens with one attached hydrogen (secondary N) is 1. The first-order valence-corrected chi connectivity index (χ1v) is 11.1. The van der Waals surface area contributed by atoms with Gasteiger partial charge in [-0.2, -0.15) is 13.2 Å². The fourth-order valence-corrected chi connectivity index (χ4v) is 5.00. The molecule has 2 unspecified atom stereocenters. The maximum Gasteiger partial charge on any atom is 0.425 e. The van der Waals surface area contributed by atoms with Crippen LogP contribution < -0.4 is 10.1 Å². The summed E-state index contributed by atoms with van der Waals surface area (Å²) in [7, 11) is 1.41. The molecule has 0 radical (unpaired) electrons. The number of rotatable bonds is 5. The van der Waals surface area contributed by atoms with E-state index in [1.54, 1.807) is 13.8 Å². The molecule has 3 aliphatic rings. The highest BCUT2D eigenvalue weighted by Crippen LogP contribution is 2.52. The topological polar surface area (TPSA) is 84.9 Å². The number of alkyl halides is 3. The number of benzene rings is 1. The van der Waals surface area contributed by atoms with E-state index < -0.39 is 46.4 Å². The summed E-state index contributed by atoms with van der Waals surface area (Å²) in [6.45, 7) is 3.90. The van der Waals surface area contributed by atoms with E-state index in [0.717, 1.165) is 11.3 Å². The third-order valence-corrected chi connectivity index (χ3v) is 6.61. The van der Waals surface area contributed by atoms with Gasteiger partial charge < -0.3 is 19.7 Å². The quantitative estimate of drug-likeness (QED) is 0.699. The van der Waals surface area contributed by atoms with Gasteiger partial charge >= 0.3 is 6.18 Å². The third kappa shape index (κ3) is 3.97. The molecule has 2 amide bonds. The van der Waals surface area contributed by atoms with Crippen LogP contribution in [0.5, 0.6) is 5.75 Å². The molecule has 1 fully saturated rings. The van der Waals surface area contributed by atoms with Gasteiger partial charge in [-0.25, -0.2) is 0 Å². The lowest BCUT2D eigenvalue weighted by atomic mass is 9.72. The number of Topliss-reactive ketones (excluding diaryl/α,β-unsaturated/α-hetero) is 1. The molecule has 1 aromatic carbocycles. The Kier molecular flexibility index (Phi) is 6.00. The number of amides is 2. The largest absolute Gasteiger partial charge is 0.497 e. The summed E-state index contributed by atoms with van der Waals surface area (Å²) in [6.07, 6.45) is -4.40. The smallest absolute Gasteiger partial charge is 0.425 e. The average molecular weight is 480 g/mol. The summed E-state index contributed by atoms with van der Waals surface area (Å²) in [4.78, 5) is 40.7. The van der Waals surface area contributed by atoms with E-state index in [1.165, 1.54) is 31.4 Å². The molecule has 10 heteroatoms. The summed E-state index contributed by atoms with van der Waals surface area (Å²) in [5.41, 5.74) is -4.84. The van der Waals surface area contributed by atoms with Crippen molar-refractivity contribution in [2.75, 3.05) is 20.3 Å². The number of hydrogen-bond donors (Lipinski definition) is 1. The predicted octanol–water partition coefficient (Wildman–Crippen LogP) is 3.39. The predicted molar refractivity (Wildman–Crippen MR) is 115 cm³/mol. The number of hydrogen-bond acceptors (Lipinski definition) is 5. The summed E-state index contributed by atoms with van der Waals surface area (Å²) in [5, 5.41) is 1.93. The first kappa shape index (κ1) is 24.3. The zero-order chi connectivity index (χ0) is 24.9. The van der Waals surface area contributed by atoms with E-state index in [4.69, 9.17) is 9.47 Å². The van der Waals surface area contributed by atoms with Gasteiger partial charge in [0.05, 0.1) is 25.3 Å². The first-order chi connectivity index (χ1) is 15.9. The molecule has 0 bridgehead atoms.